The zero-order valence-electron chi connectivity index (χ0n) is 12.6. The van der Waals surface area contributed by atoms with Crippen LogP contribution >= 0.6 is 0 Å². The lowest BCUT2D eigenvalue weighted by atomic mass is 9.99. The standard InChI is InChI=1S/C14H30N2O2/c1-6-7-15-14(5,11-17)10-16-8-12(2)18-13(3,4)9-16/h12,15,17H,6-11H2,1-5H3. The fourth-order valence-corrected chi connectivity index (χ4v) is 2.79. The van der Waals surface area contributed by atoms with E-state index >= 15 is 0 Å². The van der Waals surface area contributed by atoms with Crippen LogP contribution in [0.15, 0.2) is 0 Å². The number of nitrogens with one attached hydrogen (secondary N) is 1. The van der Waals surface area contributed by atoms with Crippen LogP contribution in [-0.2, 0) is 4.74 Å². The van der Waals surface area contributed by atoms with Crippen LogP contribution in [0.4, 0.5) is 0 Å². The third-order valence-corrected chi connectivity index (χ3v) is 3.36. The van der Waals surface area contributed by atoms with Gasteiger partial charge in [-0.05, 0) is 40.7 Å². The molecule has 0 aromatic carbocycles. The lowest BCUT2D eigenvalue weighted by Crippen LogP contribution is -2.60. The molecule has 0 aromatic heterocycles. The lowest BCUT2D eigenvalue weighted by Gasteiger charge is -2.45. The zero-order valence-corrected chi connectivity index (χ0v) is 12.6. The molecule has 18 heavy (non-hydrogen) atoms. The van der Waals surface area contributed by atoms with Crippen molar-refractivity contribution in [2.75, 3.05) is 32.8 Å². The van der Waals surface area contributed by atoms with Crippen molar-refractivity contribution in [2.24, 2.45) is 0 Å². The largest absolute Gasteiger partial charge is 0.394 e. The minimum absolute atomic E-state index is 0.0984. The van der Waals surface area contributed by atoms with Crippen molar-refractivity contribution in [3.05, 3.63) is 0 Å². The number of aliphatic hydroxyl groups is 1. The molecule has 108 valence electrons. The minimum Gasteiger partial charge on any atom is -0.394 e. The summed E-state index contributed by atoms with van der Waals surface area (Å²) in [6.07, 6.45) is 1.34. The van der Waals surface area contributed by atoms with Crippen molar-refractivity contribution in [3.63, 3.8) is 0 Å². The SMILES string of the molecule is CCCNC(C)(CO)CN1CC(C)OC(C)(C)C1. The highest BCUT2D eigenvalue weighted by molar-refractivity contribution is 4.90. The van der Waals surface area contributed by atoms with Gasteiger partial charge >= 0.3 is 0 Å². The van der Waals surface area contributed by atoms with E-state index in [-0.39, 0.29) is 23.9 Å². The topological polar surface area (TPSA) is 44.7 Å². The van der Waals surface area contributed by atoms with Crippen molar-refractivity contribution >= 4 is 0 Å². The van der Waals surface area contributed by atoms with E-state index in [9.17, 15) is 5.11 Å². The summed E-state index contributed by atoms with van der Waals surface area (Å²) in [5.41, 5.74) is -0.318. The van der Waals surface area contributed by atoms with E-state index in [4.69, 9.17) is 4.74 Å². The number of morpholine rings is 1. The normalized spacial score (nSPS) is 28.0. The summed E-state index contributed by atoms with van der Waals surface area (Å²) in [4.78, 5) is 2.40. The van der Waals surface area contributed by atoms with Crippen LogP contribution in [0, 0.1) is 0 Å². The smallest absolute Gasteiger partial charge is 0.0757 e. The summed E-state index contributed by atoms with van der Waals surface area (Å²) in [5.74, 6) is 0. The van der Waals surface area contributed by atoms with Gasteiger partial charge in [0.15, 0.2) is 0 Å². The molecule has 1 heterocycles. The van der Waals surface area contributed by atoms with Crippen molar-refractivity contribution in [1.82, 2.24) is 10.2 Å². The maximum atomic E-state index is 9.62. The van der Waals surface area contributed by atoms with E-state index in [1.165, 1.54) is 0 Å². The molecule has 0 aliphatic carbocycles. The second-order valence-corrected chi connectivity index (χ2v) is 6.50. The van der Waals surface area contributed by atoms with Crippen LogP contribution in [0.1, 0.15) is 41.0 Å². The molecule has 0 bridgehead atoms. The summed E-state index contributed by atoms with van der Waals surface area (Å²) in [7, 11) is 0. The first-order valence-electron chi connectivity index (χ1n) is 7.06. The van der Waals surface area contributed by atoms with Crippen LogP contribution in [0.2, 0.25) is 0 Å². The molecule has 0 aromatic rings. The molecule has 1 saturated heterocycles. The first-order valence-corrected chi connectivity index (χ1v) is 7.06. The van der Waals surface area contributed by atoms with Crippen molar-refractivity contribution in [3.8, 4) is 0 Å². The Labute approximate surface area is 112 Å². The van der Waals surface area contributed by atoms with E-state index < -0.39 is 0 Å². The predicted molar refractivity (Wildman–Crippen MR) is 74.9 cm³/mol. The second kappa shape index (κ2) is 6.33. The van der Waals surface area contributed by atoms with Gasteiger partial charge in [-0.25, -0.2) is 0 Å². The Bertz CT molecular complexity index is 258. The lowest BCUT2D eigenvalue weighted by molar-refractivity contribution is -0.133. The van der Waals surface area contributed by atoms with Gasteiger partial charge in [0.25, 0.3) is 0 Å². The molecule has 2 unspecified atom stereocenters. The Kier molecular flexibility index (Phi) is 5.59. The van der Waals surface area contributed by atoms with Crippen molar-refractivity contribution in [2.45, 2.75) is 58.3 Å². The third-order valence-electron chi connectivity index (χ3n) is 3.36. The Hall–Kier alpha value is -0.160. The van der Waals surface area contributed by atoms with E-state index in [0.717, 1.165) is 32.6 Å². The van der Waals surface area contributed by atoms with E-state index in [0.29, 0.717) is 0 Å². The van der Waals surface area contributed by atoms with Crippen LogP contribution in [-0.4, -0.2) is 60.0 Å². The predicted octanol–water partition coefficient (Wildman–Crippen LogP) is 1.24. The number of aliphatic hydroxyl groups excluding tert-OH is 1. The van der Waals surface area contributed by atoms with Crippen LogP contribution in [0.3, 0.4) is 0 Å². The molecule has 0 amide bonds. The molecule has 1 aliphatic heterocycles. The molecule has 0 spiro atoms. The summed E-state index contributed by atoms with van der Waals surface area (Å²) in [6.45, 7) is 14.4. The molecule has 1 aliphatic rings. The highest BCUT2D eigenvalue weighted by atomic mass is 16.5. The highest BCUT2D eigenvalue weighted by Gasteiger charge is 2.35. The van der Waals surface area contributed by atoms with Gasteiger partial charge in [0.05, 0.1) is 23.9 Å². The molecule has 0 radical (unpaired) electrons. The van der Waals surface area contributed by atoms with Crippen LogP contribution < -0.4 is 5.32 Å². The Morgan fingerprint density at radius 3 is 2.67 bits per heavy atom. The Balaban J connectivity index is 2.58. The summed E-state index contributed by atoms with van der Waals surface area (Å²) >= 11 is 0. The van der Waals surface area contributed by atoms with Crippen LogP contribution in [0.25, 0.3) is 0 Å². The zero-order chi connectivity index (χ0) is 13.8. The molecular formula is C14H30N2O2. The molecule has 4 heteroatoms. The minimum atomic E-state index is -0.219. The monoisotopic (exact) mass is 258 g/mol. The summed E-state index contributed by atoms with van der Waals surface area (Å²) in [5, 5.41) is 13.1. The van der Waals surface area contributed by atoms with Gasteiger partial charge in [-0.3, -0.25) is 4.90 Å². The van der Waals surface area contributed by atoms with E-state index in [1.54, 1.807) is 0 Å². The number of rotatable bonds is 6. The first-order chi connectivity index (χ1) is 8.30. The Morgan fingerprint density at radius 1 is 1.50 bits per heavy atom. The maximum absolute atomic E-state index is 9.62. The Morgan fingerprint density at radius 2 is 2.17 bits per heavy atom. The number of hydrogen-bond acceptors (Lipinski definition) is 4. The first kappa shape index (κ1) is 15.9. The maximum Gasteiger partial charge on any atom is 0.0757 e. The summed E-state index contributed by atoms with van der Waals surface area (Å²) < 4.78 is 5.91. The second-order valence-electron chi connectivity index (χ2n) is 6.50. The number of hydrogen-bond donors (Lipinski definition) is 2. The van der Waals surface area contributed by atoms with Gasteiger partial charge in [-0.1, -0.05) is 6.92 Å². The van der Waals surface area contributed by atoms with Crippen LogP contribution in [0.5, 0.6) is 0 Å². The molecule has 1 fully saturated rings. The van der Waals surface area contributed by atoms with Crippen molar-refractivity contribution in [1.29, 1.82) is 0 Å². The molecule has 4 nitrogen and oxygen atoms in total. The summed E-state index contributed by atoms with van der Waals surface area (Å²) in [6, 6.07) is 0. The fraction of sp³-hybridized carbons (Fsp3) is 1.00. The van der Waals surface area contributed by atoms with Crippen molar-refractivity contribution < 1.29 is 9.84 Å². The fourth-order valence-electron chi connectivity index (χ4n) is 2.79. The van der Waals surface area contributed by atoms with Gasteiger partial charge < -0.3 is 15.2 Å². The molecule has 2 atom stereocenters. The average Bonchev–Trinajstić information content (AvgIpc) is 2.23. The van der Waals surface area contributed by atoms with Gasteiger partial charge in [-0.2, -0.15) is 0 Å². The molecule has 0 saturated carbocycles. The van der Waals surface area contributed by atoms with Gasteiger partial charge in [-0.15, -0.1) is 0 Å². The number of nitrogens with zero attached hydrogens (tertiary/aromatic N) is 1. The van der Waals surface area contributed by atoms with Gasteiger partial charge in [0.2, 0.25) is 0 Å². The molecular weight excluding hydrogens is 228 g/mol. The number of ether oxygens (including phenoxy) is 1. The molecule has 2 N–H and O–H groups in total. The van der Waals surface area contributed by atoms with Gasteiger partial charge in [0, 0.05) is 19.6 Å². The quantitative estimate of drug-likeness (QED) is 0.752. The average molecular weight is 258 g/mol. The van der Waals surface area contributed by atoms with E-state index in [1.807, 2.05) is 0 Å². The van der Waals surface area contributed by atoms with Gasteiger partial charge in [0.1, 0.15) is 0 Å². The molecule has 1 rings (SSSR count). The van der Waals surface area contributed by atoms with E-state index in [2.05, 4.69) is 44.8 Å². The highest BCUT2D eigenvalue weighted by Crippen LogP contribution is 2.22. The third kappa shape index (κ3) is 4.84.